The lowest BCUT2D eigenvalue weighted by Gasteiger charge is -2.58. The van der Waals surface area contributed by atoms with Gasteiger partial charge in [-0.25, -0.2) is 9.78 Å². The second-order valence-corrected chi connectivity index (χ2v) is 12.1. The number of likely N-dealkylation sites (tertiary alicyclic amines) is 1. The smallest absolute Gasteiger partial charge is 0.393 e. The molecule has 3 heterocycles. The highest BCUT2D eigenvalue weighted by molar-refractivity contribution is 5.83. The summed E-state index contributed by atoms with van der Waals surface area (Å²) in [4.78, 5) is 35.9. The molecule has 0 aromatic carbocycles. The number of carbonyl (C=O) groups excluding carboxylic acids is 2. The Balaban J connectivity index is 1.04. The van der Waals surface area contributed by atoms with Gasteiger partial charge >= 0.3 is 12.2 Å². The van der Waals surface area contributed by atoms with Gasteiger partial charge in [0.2, 0.25) is 5.91 Å². The molecule has 3 unspecified atom stereocenters. The monoisotopic (exact) mass is 535 g/mol. The summed E-state index contributed by atoms with van der Waals surface area (Å²) in [5.74, 6) is 0.988. The van der Waals surface area contributed by atoms with Crippen LogP contribution < -0.4 is 10.2 Å². The van der Waals surface area contributed by atoms with E-state index >= 15 is 0 Å². The van der Waals surface area contributed by atoms with Crippen molar-refractivity contribution in [2.75, 3.05) is 44.2 Å². The number of aromatic nitrogens is 1. The first-order valence-electron chi connectivity index (χ1n) is 13.9. The van der Waals surface area contributed by atoms with Gasteiger partial charge in [-0.15, -0.1) is 0 Å². The van der Waals surface area contributed by atoms with Gasteiger partial charge in [0.15, 0.2) is 0 Å². The molecule has 0 radical (unpaired) electrons. The summed E-state index contributed by atoms with van der Waals surface area (Å²) in [6, 6.07) is 2.08. The lowest BCUT2D eigenvalue weighted by molar-refractivity contribution is -0.164. The summed E-state index contributed by atoms with van der Waals surface area (Å²) in [6.45, 7) is 2.23. The zero-order valence-corrected chi connectivity index (χ0v) is 21.5. The fraction of sp³-hybridized carbons (Fsp3) is 0.741. The van der Waals surface area contributed by atoms with Gasteiger partial charge < -0.3 is 25.1 Å². The number of piperazine rings is 1. The first-order valence-corrected chi connectivity index (χ1v) is 13.9. The molecule has 2 saturated heterocycles. The average molecular weight is 536 g/mol. The van der Waals surface area contributed by atoms with Crippen molar-refractivity contribution < 1.29 is 27.9 Å². The number of hydrogen-bond donors (Lipinski definition) is 2. The molecule has 11 heteroatoms. The van der Waals surface area contributed by atoms with Crippen molar-refractivity contribution >= 4 is 17.8 Å². The van der Waals surface area contributed by atoms with Crippen molar-refractivity contribution in [2.24, 2.45) is 23.2 Å². The van der Waals surface area contributed by atoms with Crippen molar-refractivity contribution in [3.63, 3.8) is 0 Å². The molecule has 4 bridgehead atoms. The van der Waals surface area contributed by atoms with Gasteiger partial charge in [-0.2, -0.15) is 13.2 Å². The maximum absolute atomic E-state index is 13.5. The molecule has 38 heavy (non-hydrogen) atoms. The first-order chi connectivity index (χ1) is 18.1. The number of halogens is 3. The van der Waals surface area contributed by atoms with Crippen LogP contribution in [-0.4, -0.2) is 83.2 Å². The Kier molecular flexibility index (Phi) is 6.47. The predicted molar refractivity (Wildman–Crippen MR) is 133 cm³/mol. The molecule has 2 aliphatic heterocycles. The Morgan fingerprint density at radius 3 is 2.42 bits per heavy atom. The van der Waals surface area contributed by atoms with Gasteiger partial charge in [0.05, 0.1) is 17.1 Å². The number of urea groups is 1. The van der Waals surface area contributed by atoms with Crippen LogP contribution in [0.15, 0.2) is 18.3 Å². The van der Waals surface area contributed by atoms with E-state index in [2.05, 4.69) is 10.3 Å². The van der Waals surface area contributed by atoms with Gasteiger partial charge in [-0.1, -0.05) is 0 Å². The number of alkyl halides is 3. The van der Waals surface area contributed by atoms with Gasteiger partial charge in [0.25, 0.3) is 0 Å². The van der Waals surface area contributed by atoms with E-state index in [1.807, 2.05) is 0 Å². The number of rotatable bonds is 3. The number of amides is 3. The molecule has 0 spiro atoms. The fourth-order valence-electron chi connectivity index (χ4n) is 8.06. The second-order valence-electron chi connectivity index (χ2n) is 12.1. The molecule has 3 atom stereocenters. The van der Waals surface area contributed by atoms with E-state index in [-0.39, 0.29) is 60.2 Å². The van der Waals surface area contributed by atoms with E-state index in [1.54, 1.807) is 14.7 Å². The molecular formula is C27H36F3N5O3. The van der Waals surface area contributed by atoms with Gasteiger partial charge in [-0.05, 0) is 74.8 Å². The third-order valence-corrected chi connectivity index (χ3v) is 9.67. The van der Waals surface area contributed by atoms with Crippen LogP contribution in [0.4, 0.5) is 23.8 Å². The molecule has 208 valence electrons. The predicted octanol–water partition coefficient (Wildman–Crippen LogP) is 3.11. The Bertz CT molecular complexity index is 1060. The van der Waals surface area contributed by atoms with Crippen molar-refractivity contribution in [3.05, 3.63) is 23.9 Å². The number of nitrogens with one attached hydrogen (secondary N) is 1. The fourth-order valence-corrected chi connectivity index (χ4v) is 8.06. The maximum atomic E-state index is 13.5. The number of nitrogens with zero attached hydrogens (tertiary/aromatic N) is 4. The van der Waals surface area contributed by atoms with E-state index in [0.29, 0.717) is 32.1 Å². The SMILES string of the molecule is O=C(N1CCN(c2ncccc2C(F)(F)F)CC1)N1CCCC(NC(=O)C23CC4CC(C2)C(O)C(C4)C3)C1. The van der Waals surface area contributed by atoms with E-state index in [4.69, 9.17) is 0 Å². The van der Waals surface area contributed by atoms with Crippen LogP contribution in [0.1, 0.15) is 50.5 Å². The molecule has 3 amide bonds. The third kappa shape index (κ3) is 4.60. The summed E-state index contributed by atoms with van der Waals surface area (Å²) in [6.07, 6.45) is 2.70. The highest BCUT2D eigenvalue weighted by atomic mass is 19.4. The molecule has 8 nitrogen and oxygen atoms in total. The molecular weight excluding hydrogens is 499 g/mol. The first kappa shape index (κ1) is 25.7. The molecule has 4 aliphatic carbocycles. The lowest BCUT2D eigenvalue weighted by atomic mass is 9.48. The molecule has 6 fully saturated rings. The summed E-state index contributed by atoms with van der Waals surface area (Å²) in [5.41, 5.74) is -1.14. The summed E-state index contributed by atoms with van der Waals surface area (Å²) < 4.78 is 40.3. The summed E-state index contributed by atoms with van der Waals surface area (Å²) >= 11 is 0. The van der Waals surface area contributed by atoms with E-state index in [0.717, 1.165) is 51.0 Å². The number of anilines is 1. The quantitative estimate of drug-likeness (QED) is 0.621. The number of aliphatic hydroxyl groups is 1. The van der Waals surface area contributed by atoms with Crippen LogP contribution in [0.5, 0.6) is 0 Å². The van der Waals surface area contributed by atoms with Crippen LogP contribution in [-0.2, 0) is 11.0 Å². The maximum Gasteiger partial charge on any atom is 0.419 e. The zero-order valence-electron chi connectivity index (χ0n) is 21.5. The Hall–Kier alpha value is -2.56. The van der Waals surface area contributed by atoms with Crippen LogP contribution in [0, 0.1) is 23.2 Å². The second kappa shape index (κ2) is 9.57. The normalized spacial score (nSPS) is 34.9. The Morgan fingerprint density at radius 2 is 1.74 bits per heavy atom. The van der Waals surface area contributed by atoms with Crippen LogP contribution in [0.2, 0.25) is 0 Å². The minimum Gasteiger partial charge on any atom is -0.393 e. The molecule has 2 N–H and O–H groups in total. The summed E-state index contributed by atoms with van der Waals surface area (Å²) in [7, 11) is 0. The average Bonchev–Trinajstić information content (AvgIpc) is 2.90. The Morgan fingerprint density at radius 1 is 1.03 bits per heavy atom. The largest absolute Gasteiger partial charge is 0.419 e. The standard InChI is InChI=1S/C27H36F3N5O3/c28-27(29,30)21-4-1-5-31-23(21)33-7-9-34(10-8-33)25(38)35-6-2-3-20(16-35)32-24(37)26-13-17-11-18(14-26)22(36)19(12-17)15-26/h1,4-5,17-20,22,36H,2-3,6-16H2,(H,32,37). The number of piperidine rings is 1. The summed E-state index contributed by atoms with van der Waals surface area (Å²) in [5, 5.41) is 13.8. The topological polar surface area (TPSA) is 89.0 Å². The molecule has 6 aliphatic rings. The third-order valence-electron chi connectivity index (χ3n) is 9.67. The van der Waals surface area contributed by atoms with Gasteiger partial charge in [-0.3, -0.25) is 4.79 Å². The van der Waals surface area contributed by atoms with E-state index in [9.17, 15) is 27.9 Å². The molecule has 4 saturated carbocycles. The van der Waals surface area contributed by atoms with E-state index in [1.165, 1.54) is 12.3 Å². The van der Waals surface area contributed by atoms with E-state index < -0.39 is 11.7 Å². The van der Waals surface area contributed by atoms with Gasteiger partial charge in [0.1, 0.15) is 5.82 Å². The number of pyridine rings is 1. The lowest BCUT2D eigenvalue weighted by Crippen LogP contribution is -2.61. The highest BCUT2D eigenvalue weighted by Gasteiger charge is 2.58. The minimum atomic E-state index is -4.49. The number of carbonyl (C=O) groups is 2. The molecule has 7 rings (SSSR count). The van der Waals surface area contributed by atoms with Gasteiger partial charge in [0, 0.05) is 51.5 Å². The number of aliphatic hydroxyl groups excluding tert-OH is 1. The van der Waals surface area contributed by atoms with Crippen LogP contribution >= 0.6 is 0 Å². The highest BCUT2D eigenvalue weighted by Crippen LogP contribution is 2.60. The number of hydrogen-bond acceptors (Lipinski definition) is 5. The van der Waals surface area contributed by atoms with Crippen LogP contribution in [0.3, 0.4) is 0 Å². The Labute approximate surface area is 220 Å². The minimum absolute atomic E-state index is 0.0903. The van der Waals surface area contributed by atoms with Crippen molar-refractivity contribution in [1.29, 1.82) is 0 Å². The molecule has 1 aromatic heterocycles. The van der Waals surface area contributed by atoms with Crippen LogP contribution in [0.25, 0.3) is 0 Å². The molecule has 1 aromatic rings. The van der Waals surface area contributed by atoms with Crippen molar-refractivity contribution in [2.45, 2.75) is 63.3 Å². The van der Waals surface area contributed by atoms with Crippen molar-refractivity contribution in [1.82, 2.24) is 20.1 Å². The van der Waals surface area contributed by atoms with Crippen molar-refractivity contribution in [3.8, 4) is 0 Å². The zero-order chi connectivity index (χ0) is 26.7.